The molecule has 4 aromatic heterocycles. The second-order valence-electron chi connectivity index (χ2n) is 16.5. The minimum atomic E-state index is -0.489. The van der Waals surface area contributed by atoms with E-state index in [0.29, 0.717) is 91.3 Å². The molecule has 0 spiro atoms. The van der Waals surface area contributed by atoms with Crippen LogP contribution in [-0.4, -0.2) is 96.4 Å². The summed E-state index contributed by atoms with van der Waals surface area (Å²) < 4.78 is 5.11. The van der Waals surface area contributed by atoms with Crippen LogP contribution < -0.4 is 20.3 Å². The maximum atomic E-state index is 14.1. The molecule has 0 radical (unpaired) electrons. The first-order valence-corrected chi connectivity index (χ1v) is 23.6. The molecule has 17 heteroatoms. The van der Waals surface area contributed by atoms with E-state index in [1.807, 2.05) is 42.6 Å². The van der Waals surface area contributed by atoms with Crippen molar-refractivity contribution >= 4 is 68.2 Å². The molecule has 8 rings (SSSR count). The van der Waals surface area contributed by atoms with Gasteiger partial charge >= 0.3 is 0 Å². The number of fused-ring (bicyclic) bond motifs is 2. The van der Waals surface area contributed by atoms with E-state index in [2.05, 4.69) is 47.9 Å². The molecule has 0 bridgehead atoms. The maximum absolute atomic E-state index is 14.1. The van der Waals surface area contributed by atoms with Gasteiger partial charge in [-0.05, 0) is 92.8 Å². The smallest absolute Gasteiger partial charge is 0.280 e. The lowest BCUT2D eigenvalue weighted by Gasteiger charge is -2.31. The predicted octanol–water partition coefficient (Wildman–Crippen LogP) is 6.30. The normalized spacial score (nSPS) is 16.6. The topological polar surface area (TPSA) is 188 Å². The van der Waals surface area contributed by atoms with Crippen LogP contribution in [0.4, 0.5) is 10.9 Å². The molecule has 1 unspecified atom stereocenters. The van der Waals surface area contributed by atoms with Crippen LogP contribution in [0.15, 0.2) is 54.9 Å². The number of nitrogens with zero attached hydrogens (tertiary/aromatic N) is 7. The first-order valence-electron chi connectivity index (χ1n) is 21.8. The third-order valence-electron chi connectivity index (χ3n) is 12.1. The maximum Gasteiger partial charge on any atom is 0.280 e. The predicted molar refractivity (Wildman–Crippen MR) is 242 cm³/mol. The Balaban J connectivity index is 0.924. The molecule has 326 valence electrons. The quantitative estimate of drug-likeness (QED) is 0.0644. The minimum absolute atomic E-state index is 0.0568. The number of aliphatic hydroxyl groups excluding tert-OH is 1. The zero-order valence-electron chi connectivity index (χ0n) is 35.1. The number of thiazole rings is 1. The molecule has 3 aliphatic rings. The first kappa shape index (κ1) is 43.3. The molecule has 2 fully saturated rings. The highest BCUT2D eigenvalue weighted by atomic mass is 32.2. The van der Waals surface area contributed by atoms with Crippen LogP contribution in [0.1, 0.15) is 102 Å². The van der Waals surface area contributed by atoms with Gasteiger partial charge in [-0.3, -0.25) is 33.9 Å². The molecule has 1 saturated heterocycles. The van der Waals surface area contributed by atoms with Crippen molar-refractivity contribution < 1.29 is 24.3 Å². The van der Waals surface area contributed by atoms with Gasteiger partial charge in [-0.2, -0.15) is 5.10 Å². The van der Waals surface area contributed by atoms with E-state index in [1.54, 1.807) is 11.1 Å². The third kappa shape index (κ3) is 10.4. The molecule has 2 aliphatic heterocycles. The number of carbonyl (C=O) groups excluding carboxylic acids is 4. The van der Waals surface area contributed by atoms with Crippen LogP contribution in [0, 0.1) is 12.8 Å². The molecule has 1 saturated carbocycles. The molecule has 62 heavy (non-hydrogen) atoms. The molecule has 15 nitrogen and oxygen atoms in total. The van der Waals surface area contributed by atoms with Gasteiger partial charge in [-0.1, -0.05) is 61.1 Å². The highest BCUT2D eigenvalue weighted by Crippen LogP contribution is 2.33. The number of hydrogen-bond donors (Lipinski definition) is 4. The van der Waals surface area contributed by atoms with Crippen molar-refractivity contribution in [2.24, 2.45) is 5.92 Å². The Hall–Kier alpha value is -5.39. The van der Waals surface area contributed by atoms with Crippen molar-refractivity contribution in [2.45, 2.75) is 96.7 Å². The zero-order valence-corrected chi connectivity index (χ0v) is 36.7. The summed E-state index contributed by atoms with van der Waals surface area (Å²) in [6.45, 7) is 4.80. The summed E-state index contributed by atoms with van der Waals surface area (Å²) in [5, 5.41) is 20.6. The van der Waals surface area contributed by atoms with Gasteiger partial charge in [0.25, 0.3) is 11.8 Å². The van der Waals surface area contributed by atoms with Crippen molar-refractivity contribution in [3.8, 4) is 11.1 Å². The van der Waals surface area contributed by atoms with E-state index in [-0.39, 0.29) is 30.2 Å². The molecular weight excluding hydrogens is 825 g/mol. The highest BCUT2D eigenvalue weighted by molar-refractivity contribution is 7.97. The Kier molecular flexibility index (Phi) is 14.1. The molecule has 1 aliphatic carbocycles. The minimum Gasteiger partial charge on any atom is -0.391 e. The van der Waals surface area contributed by atoms with E-state index in [0.717, 1.165) is 52.1 Å². The van der Waals surface area contributed by atoms with E-state index in [9.17, 15) is 24.3 Å². The largest absolute Gasteiger partial charge is 0.391 e. The summed E-state index contributed by atoms with van der Waals surface area (Å²) in [5.41, 5.74) is 6.22. The lowest BCUT2D eigenvalue weighted by molar-refractivity contribution is -0.132. The van der Waals surface area contributed by atoms with E-state index in [1.165, 1.54) is 55.4 Å². The summed E-state index contributed by atoms with van der Waals surface area (Å²) >= 11 is 2.66. The second kappa shape index (κ2) is 20.2. The highest BCUT2D eigenvalue weighted by Gasteiger charge is 2.27. The Labute approximate surface area is 369 Å². The Morgan fingerprint density at radius 1 is 0.935 bits per heavy atom. The number of likely N-dealkylation sites (tertiary alicyclic amines) is 1. The number of rotatable bonds is 16. The number of unbranched alkanes of at least 4 members (excludes halogenated alkanes) is 2. The third-order valence-corrected chi connectivity index (χ3v) is 13.9. The number of aromatic nitrogens is 5. The second-order valence-corrected chi connectivity index (χ2v) is 18.3. The zero-order chi connectivity index (χ0) is 43.0. The van der Waals surface area contributed by atoms with Crippen molar-refractivity contribution in [1.29, 1.82) is 0 Å². The molecule has 4 amide bonds. The number of aliphatic hydroxyl groups is 1. The van der Waals surface area contributed by atoms with Gasteiger partial charge in [-0.25, -0.2) is 15.0 Å². The van der Waals surface area contributed by atoms with Crippen molar-refractivity contribution in [3.63, 3.8) is 0 Å². The van der Waals surface area contributed by atoms with Crippen LogP contribution in [-0.2, 0) is 29.1 Å². The summed E-state index contributed by atoms with van der Waals surface area (Å²) in [6.07, 6.45) is 13.1. The van der Waals surface area contributed by atoms with Crippen molar-refractivity contribution in [1.82, 2.24) is 39.7 Å². The first-order chi connectivity index (χ1) is 30.2. The number of nitrogens with one attached hydrogen (secondary N) is 3. The monoisotopic (exact) mass is 878 g/mol. The van der Waals surface area contributed by atoms with Gasteiger partial charge in [0.2, 0.25) is 11.8 Å². The number of benzene rings is 1. The van der Waals surface area contributed by atoms with E-state index in [4.69, 9.17) is 10.1 Å². The Morgan fingerprint density at radius 3 is 2.63 bits per heavy atom. The van der Waals surface area contributed by atoms with E-state index < -0.39 is 6.10 Å². The Morgan fingerprint density at radius 2 is 1.81 bits per heavy atom. The van der Waals surface area contributed by atoms with Crippen LogP contribution in [0.3, 0.4) is 0 Å². The fourth-order valence-electron chi connectivity index (χ4n) is 8.65. The number of hydrogen-bond acceptors (Lipinski definition) is 12. The van der Waals surface area contributed by atoms with E-state index >= 15 is 0 Å². The molecule has 5 aromatic rings. The molecule has 6 heterocycles. The average Bonchev–Trinajstić information content (AvgIpc) is 4.02. The number of carbonyl (C=O) groups is 4. The van der Waals surface area contributed by atoms with Gasteiger partial charge in [0.1, 0.15) is 21.9 Å². The molecule has 4 N–H and O–H groups in total. The standard InChI is InChI=1S/C45H54N10O5S2/c1-29-35(24-48-55(29)26-30-10-4-2-5-11-30)33-16-17-38(50-41(33)43(60)52-61-23-7-3-6-15-39(57)47-25-40(58)54-22-19-32(56)27-54)53-21-18-31-12-8-13-34(36(31)28-53)42(59)51-45-49-37-14-9-20-46-44(37)62-45/h8-9,12-14,16-17,20,24,30,32,56H,2-7,10-11,15,18-19,21-23,25-28H2,1H3,(H,47,57)(H,52,60)(H,49,51,59). The van der Waals surface area contributed by atoms with Gasteiger partial charge in [-0.15, -0.1) is 0 Å². The Bertz CT molecular complexity index is 2380. The average molecular weight is 879 g/mol. The molecule has 1 aromatic carbocycles. The SMILES string of the molecule is Cc1c(-c2ccc(N3CCc4cccc(C(=O)Nc5nc6cccnc6s5)c4C3)nc2C(=O)NSCCCCCC(=O)NCC(=O)N2CCC(O)C2)cnn1CC1CCCCC1. The van der Waals surface area contributed by atoms with Crippen molar-refractivity contribution in [3.05, 3.63) is 82.9 Å². The van der Waals surface area contributed by atoms with Crippen LogP contribution in [0.5, 0.6) is 0 Å². The van der Waals surface area contributed by atoms with Gasteiger partial charge in [0.05, 0.1) is 18.8 Å². The number of anilines is 2. The molecular formula is C45H54N10O5S2. The summed E-state index contributed by atoms with van der Waals surface area (Å²) in [5.74, 6) is 1.00. The van der Waals surface area contributed by atoms with Crippen LogP contribution >= 0.6 is 23.3 Å². The number of β-amino-alcohol motifs (C(OH)–C–C–N with tert-alkyl or cyclic N) is 1. The summed E-state index contributed by atoms with van der Waals surface area (Å²) in [6, 6.07) is 13.4. The van der Waals surface area contributed by atoms with Gasteiger partial charge in [0.15, 0.2) is 5.13 Å². The summed E-state index contributed by atoms with van der Waals surface area (Å²) in [7, 11) is 0. The van der Waals surface area contributed by atoms with Crippen molar-refractivity contribution in [2.75, 3.05) is 42.1 Å². The van der Waals surface area contributed by atoms with Gasteiger partial charge in [0, 0.05) is 73.5 Å². The lowest BCUT2D eigenvalue weighted by atomic mass is 9.89. The molecule has 1 atom stereocenters. The summed E-state index contributed by atoms with van der Waals surface area (Å²) in [4.78, 5) is 70.9. The number of pyridine rings is 2. The number of amides is 4. The fourth-order valence-corrected chi connectivity index (χ4v) is 10.1. The van der Waals surface area contributed by atoms with Crippen LogP contribution in [0.25, 0.3) is 21.5 Å². The fraction of sp³-hybridized carbons (Fsp3) is 0.467. The van der Waals surface area contributed by atoms with Gasteiger partial charge < -0.3 is 20.2 Å². The lowest BCUT2D eigenvalue weighted by Crippen LogP contribution is -2.39. The van der Waals surface area contributed by atoms with Crippen LogP contribution in [0.2, 0.25) is 0 Å².